The Bertz CT molecular complexity index is 1230. The van der Waals surface area contributed by atoms with Crippen molar-refractivity contribution in [3.8, 4) is 0 Å². The largest absolute Gasteiger partial charge is 0.472 e. The number of carbonyl (C=O) groups excluding carboxylic acids is 2. The van der Waals surface area contributed by atoms with Gasteiger partial charge in [-0.15, -0.1) is 0 Å². The highest BCUT2D eigenvalue weighted by atomic mass is 31.2. The Morgan fingerprint density at radius 3 is 1.38 bits per heavy atom. The molecule has 352 valence electrons. The molecule has 0 saturated carbocycles. The van der Waals surface area contributed by atoms with Gasteiger partial charge in [0.15, 0.2) is 6.10 Å². The fourth-order valence-electron chi connectivity index (χ4n) is 6.48. The summed E-state index contributed by atoms with van der Waals surface area (Å²) in [7, 11) is -4.39. The van der Waals surface area contributed by atoms with Crippen molar-refractivity contribution in [3.05, 3.63) is 72.9 Å². The van der Waals surface area contributed by atoms with Gasteiger partial charge in [0.1, 0.15) is 6.61 Å². The van der Waals surface area contributed by atoms with Gasteiger partial charge in [0.05, 0.1) is 13.2 Å². The first-order chi connectivity index (χ1) is 29.8. The van der Waals surface area contributed by atoms with Crippen molar-refractivity contribution in [1.82, 2.24) is 0 Å². The molecule has 0 aromatic heterocycles. The lowest BCUT2D eigenvalue weighted by atomic mass is 10.0. The van der Waals surface area contributed by atoms with Crippen LogP contribution in [0.2, 0.25) is 0 Å². The number of phosphoric ester groups is 1. The highest BCUT2D eigenvalue weighted by Crippen LogP contribution is 2.43. The lowest BCUT2D eigenvalue weighted by Crippen LogP contribution is -2.29. The Morgan fingerprint density at radius 1 is 0.508 bits per heavy atom. The number of hydrogen-bond acceptors (Lipinski definition) is 8. The zero-order chi connectivity index (χ0) is 44.6. The summed E-state index contributed by atoms with van der Waals surface area (Å²) >= 11 is 0. The molecule has 0 heterocycles. The first-order valence-corrected chi connectivity index (χ1v) is 25.9. The molecule has 0 saturated heterocycles. The molecule has 1 unspecified atom stereocenters. The molecule has 0 fully saturated rings. The van der Waals surface area contributed by atoms with E-state index in [-0.39, 0.29) is 32.6 Å². The molecule has 0 rings (SSSR count). The van der Waals surface area contributed by atoms with E-state index in [0.29, 0.717) is 6.42 Å². The molecular weight excluding hydrogens is 786 g/mol. The minimum Gasteiger partial charge on any atom is -0.462 e. The maximum atomic E-state index is 12.6. The van der Waals surface area contributed by atoms with Gasteiger partial charge < -0.3 is 20.1 Å². The number of esters is 2. The van der Waals surface area contributed by atoms with E-state index in [1.165, 1.54) is 103 Å². The summed E-state index contributed by atoms with van der Waals surface area (Å²) in [5.41, 5.74) is 5.36. The summed E-state index contributed by atoms with van der Waals surface area (Å²) in [6.45, 7) is 3.58. The summed E-state index contributed by atoms with van der Waals surface area (Å²) in [5, 5.41) is 0. The second-order valence-corrected chi connectivity index (χ2v) is 17.4. The van der Waals surface area contributed by atoms with Gasteiger partial charge in [0.25, 0.3) is 0 Å². The van der Waals surface area contributed by atoms with E-state index in [2.05, 4.69) is 86.8 Å². The Morgan fingerprint density at radius 2 is 0.902 bits per heavy atom. The molecule has 0 spiro atoms. The topological polar surface area (TPSA) is 134 Å². The minimum absolute atomic E-state index is 0.0445. The Balaban J connectivity index is 4.14. The van der Waals surface area contributed by atoms with Gasteiger partial charge in [-0.25, -0.2) is 4.57 Å². The van der Waals surface area contributed by atoms with Crippen LogP contribution < -0.4 is 5.73 Å². The average Bonchev–Trinajstić information content (AvgIpc) is 3.25. The second-order valence-electron chi connectivity index (χ2n) is 15.9. The number of carbonyl (C=O) groups is 2. The van der Waals surface area contributed by atoms with Gasteiger partial charge >= 0.3 is 19.8 Å². The molecule has 0 aliphatic carbocycles. The van der Waals surface area contributed by atoms with E-state index < -0.39 is 32.5 Å². The van der Waals surface area contributed by atoms with Crippen molar-refractivity contribution in [3.63, 3.8) is 0 Å². The first kappa shape index (κ1) is 58.5. The maximum absolute atomic E-state index is 12.6. The van der Waals surface area contributed by atoms with E-state index in [1.54, 1.807) is 0 Å². The Labute approximate surface area is 373 Å². The monoisotopic (exact) mass is 876 g/mol. The molecule has 0 aromatic rings. The standard InChI is InChI=1S/C51H90NO8P/c1-3-5-7-9-11-13-15-17-19-21-23-24-26-27-29-31-33-35-37-39-41-43-50(53)57-47-49(48-59-61(55,56)58-46-45-52)60-51(54)44-42-40-38-36-34-32-30-28-25-22-20-18-16-14-12-10-8-6-4-2/h6,8,12,14,17-20,25,28,32,34,49H,3-5,7,9-11,13,15-16,21-24,26-27,29-31,33,35-48,52H2,1-2H3,(H,55,56)/t49-/m1/s1. The van der Waals surface area contributed by atoms with E-state index in [1.807, 2.05) is 0 Å². The number of hydrogen-bond donors (Lipinski definition) is 2. The number of rotatable bonds is 45. The van der Waals surface area contributed by atoms with Gasteiger partial charge in [-0.1, -0.05) is 183 Å². The SMILES string of the molecule is CCC=CCC=CCC=CCC=CCC=CCCCCCC(=O)O[C@H](COC(=O)CCCCCCCCCCCCCC=CCCCCCCCC)COP(=O)(O)OCCN. The zero-order valence-corrected chi connectivity index (χ0v) is 39.8. The van der Waals surface area contributed by atoms with Crippen LogP contribution >= 0.6 is 7.82 Å². The summed E-state index contributed by atoms with van der Waals surface area (Å²) in [6, 6.07) is 0. The van der Waals surface area contributed by atoms with Crippen LogP contribution in [0, 0.1) is 0 Å². The molecule has 61 heavy (non-hydrogen) atoms. The molecule has 0 aliphatic rings. The normalized spacial score (nSPS) is 13.8. The minimum atomic E-state index is -4.39. The van der Waals surface area contributed by atoms with Crippen molar-refractivity contribution in [2.24, 2.45) is 5.73 Å². The third-order valence-electron chi connectivity index (χ3n) is 10.1. The molecule has 10 heteroatoms. The highest BCUT2D eigenvalue weighted by Gasteiger charge is 2.26. The lowest BCUT2D eigenvalue weighted by Gasteiger charge is -2.19. The van der Waals surface area contributed by atoms with Gasteiger partial charge in [-0.3, -0.25) is 18.6 Å². The molecule has 0 amide bonds. The summed E-state index contributed by atoms with van der Waals surface area (Å²) in [5.74, 6) is -0.868. The fourth-order valence-corrected chi connectivity index (χ4v) is 7.24. The van der Waals surface area contributed by atoms with Crippen LogP contribution in [0.5, 0.6) is 0 Å². The van der Waals surface area contributed by atoms with Crippen molar-refractivity contribution in [1.29, 1.82) is 0 Å². The number of allylic oxidation sites excluding steroid dienone is 12. The summed E-state index contributed by atoms with van der Waals surface area (Å²) < 4.78 is 32.9. The fraction of sp³-hybridized carbons (Fsp3) is 0.725. The number of ether oxygens (including phenoxy) is 2. The molecule has 3 N–H and O–H groups in total. The van der Waals surface area contributed by atoms with Gasteiger partial charge in [-0.2, -0.15) is 0 Å². The number of unbranched alkanes of at least 4 members (excludes halogenated alkanes) is 20. The quantitative estimate of drug-likeness (QED) is 0.0265. The van der Waals surface area contributed by atoms with Crippen LogP contribution in [0.1, 0.15) is 206 Å². The molecule has 9 nitrogen and oxygen atoms in total. The van der Waals surface area contributed by atoms with Crippen molar-refractivity contribution in [2.45, 2.75) is 213 Å². The Kier molecular flexibility index (Phi) is 45.0. The number of nitrogens with two attached hydrogens (primary N) is 1. The van der Waals surface area contributed by atoms with Crippen LogP contribution in [-0.2, 0) is 32.7 Å². The van der Waals surface area contributed by atoms with Gasteiger partial charge in [0, 0.05) is 19.4 Å². The third kappa shape index (κ3) is 46.8. The predicted molar refractivity (Wildman–Crippen MR) is 256 cm³/mol. The van der Waals surface area contributed by atoms with Crippen molar-refractivity contribution in [2.75, 3.05) is 26.4 Å². The zero-order valence-electron chi connectivity index (χ0n) is 38.9. The molecule has 0 aliphatic heterocycles. The van der Waals surface area contributed by atoms with E-state index >= 15 is 0 Å². The maximum Gasteiger partial charge on any atom is 0.472 e. The van der Waals surface area contributed by atoms with Crippen LogP contribution in [-0.4, -0.2) is 49.3 Å². The molecular formula is C51H90NO8P. The molecule has 0 aromatic carbocycles. The van der Waals surface area contributed by atoms with Crippen molar-refractivity contribution >= 4 is 19.8 Å². The molecule has 2 atom stereocenters. The van der Waals surface area contributed by atoms with Crippen LogP contribution in [0.4, 0.5) is 0 Å². The summed E-state index contributed by atoms with van der Waals surface area (Å²) in [4.78, 5) is 35.0. The Hall–Kier alpha value is -2.55. The lowest BCUT2D eigenvalue weighted by molar-refractivity contribution is -0.161. The smallest absolute Gasteiger partial charge is 0.462 e. The highest BCUT2D eigenvalue weighted by molar-refractivity contribution is 7.47. The predicted octanol–water partition coefficient (Wildman–Crippen LogP) is 14.6. The van der Waals surface area contributed by atoms with Gasteiger partial charge in [0.2, 0.25) is 0 Å². The van der Waals surface area contributed by atoms with Crippen LogP contribution in [0.3, 0.4) is 0 Å². The van der Waals surface area contributed by atoms with E-state index in [9.17, 15) is 19.0 Å². The third-order valence-corrected chi connectivity index (χ3v) is 11.1. The summed E-state index contributed by atoms with van der Waals surface area (Å²) in [6.07, 6.45) is 57.9. The molecule has 0 radical (unpaired) electrons. The average molecular weight is 876 g/mol. The second kappa shape index (κ2) is 46.9. The van der Waals surface area contributed by atoms with Crippen molar-refractivity contribution < 1.29 is 37.6 Å². The van der Waals surface area contributed by atoms with Gasteiger partial charge in [-0.05, 0) is 83.5 Å². The first-order valence-electron chi connectivity index (χ1n) is 24.4. The number of phosphoric acid groups is 1. The van der Waals surface area contributed by atoms with E-state index in [4.69, 9.17) is 24.3 Å². The van der Waals surface area contributed by atoms with E-state index in [0.717, 1.165) is 70.6 Å². The van der Waals surface area contributed by atoms with Crippen LogP contribution in [0.25, 0.3) is 0 Å². The molecule has 0 bridgehead atoms. The van der Waals surface area contributed by atoms with Crippen LogP contribution in [0.15, 0.2) is 72.9 Å².